The van der Waals surface area contributed by atoms with Gasteiger partial charge >= 0.3 is 0 Å². The minimum absolute atomic E-state index is 0.293. The van der Waals surface area contributed by atoms with Gasteiger partial charge in [0.15, 0.2) is 5.58 Å². The predicted molar refractivity (Wildman–Crippen MR) is 210 cm³/mol. The predicted octanol–water partition coefficient (Wildman–Crippen LogP) is 12.7. The third-order valence-corrected chi connectivity index (χ3v) is 11.8. The van der Waals surface area contributed by atoms with Crippen LogP contribution in [0, 0.1) is 0 Å². The third-order valence-electron chi connectivity index (χ3n) is 10.5. The highest BCUT2D eigenvalue weighted by atomic mass is 32.2. The van der Waals surface area contributed by atoms with Crippen LogP contribution in [0.25, 0.3) is 60.2 Å². The summed E-state index contributed by atoms with van der Waals surface area (Å²) in [7, 11) is 0. The molecule has 4 heteroatoms. The fraction of sp³-hybridized carbons (Fsp3) is 0.0435. The lowest BCUT2D eigenvalue weighted by molar-refractivity contribution is 0.669. The fourth-order valence-corrected chi connectivity index (χ4v) is 9.62. The molecule has 2 unspecified atom stereocenters. The van der Waals surface area contributed by atoms with Crippen LogP contribution < -0.4 is 4.90 Å². The van der Waals surface area contributed by atoms with E-state index in [0.29, 0.717) is 11.2 Å². The van der Waals surface area contributed by atoms with Gasteiger partial charge in [-0.3, -0.25) is 0 Å². The number of hydrogen-bond acceptors (Lipinski definition) is 3. The van der Waals surface area contributed by atoms with Gasteiger partial charge in [-0.05, 0) is 77.0 Å². The third kappa shape index (κ3) is 4.06. The van der Waals surface area contributed by atoms with E-state index in [4.69, 9.17) is 4.42 Å². The molecule has 7 aromatic carbocycles. The number of para-hydroxylation sites is 3. The van der Waals surface area contributed by atoms with Gasteiger partial charge in [-0.15, -0.1) is 11.8 Å². The molecule has 0 fully saturated rings. The summed E-state index contributed by atoms with van der Waals surface area (Å²) in [6.45, 7) is 0. The van der Waals surface area contributed by atoms with Crippen LogP contribution in [0.1, 0.15) is 11.5 Å². The van der Waals surface area contributed by atoms with E-state index in [9.17, 15) is 0 Å². The highest BCUT2D eigenvalue weighted by molar-refractivity contribution is 8.00. The van der Waals surface area contributed by atoms with Crippen LogP contribution in [0.5, 0.6) is 0 Å². The van der Waals surface area contributed by atoms with Gasteiger partial charge in [0.25, 0.3) is 0 Å². The van der Waals surface area contributed by atoms with E-state index in [2.05, 4.69) is 179 Å². The summed E-state index contributed by atoms with van der Waals surface area (Å²) in [5, 5.41) is 7.55. The van der Waals surface area contributed by atoms with Gasteiger partial charge in [-0.25, -0.2) is 0 Å². The van der Waals surface area contributed by atoms with Crippen LogP contribution >= 0.6 is 11.8 Å². The zero-order chi connectivity index (χ0) is 32.8. The summed E-state index contributed by atoms with van der Waals surface area (Å²) in [5.74, 6) is 0.293. The first-order chi connectivity index (χ1) is 24.8. The second-order valence-corrected chi connectivity index (χ2v) is 14.5. The van der Waals surface area contributed by atoms with Gasteiger partial charge in [-0.2, -0.15) is 0 Å². The molecule has 236 valence electrons. The van der Waals surface area contributed by atoms with E-state index in [1.54, 1.807) is 0 Å². The summed E-state index contributed by atoms with van der Waals surface area (Å²) in [6, 6.07) is 54.7. The first kappa shape index (κ1) is 27.9. The van der Waals surface area contributed by atoms with Crippen LogP contribution in [-0.4, -0.2) is 9.82 Å². The maximum atomic E-state index is 6.85. The quantitative estimate of drug-likeness (QED) is 0.188. The Kier molecular flexibility index (Phi) is 6.01. The largest absolute Gasteiger partial charge is 0.454 e. The number of furan rings is 1. The van der Waals surface area contributed by atoms with Crippen molar-refractivity contribution < 1.29 is 4.42 Å². The van der Waals surface area contributed by atoms with Crippen molar-refractivity contribution in [1.29, 1.82) is 0 Å². The van der Waals surface area contributed by atoms with E-state index < -0.39 is 0 Å². The fourth-order valence-electron chi connectivity index (χ4n) is 8.30. The summed E-state index contributed by atoms with van der Waals surface area (Å²) in [6.07, 6.45) is 7.18. The molecule has 0 saturated heterocycles. The molecule has 9 aromatic rings. The summed E-state index contributed by atoms with van der Waals surface area (Å²) < 4.78 is 9.22. The number of thioether (sulfide) groups is 1. The lowest BCUT2D eigenvalue weighted by Crippen LogP contribution is -2.20. The summed E-state index contributed by atoms with van der Waals surface area (Å²) >= 11 is 1.96. The van der Waals surface area contributed by atoms with Gasteiger partial charge in [0.2, 0.25) is 0 Å². The number of hydrogen-bond donors (Lipinski definition) is 0. The second kappa shape index (κ2) is 10.8. The molecule has 11 rings (SSSR count). The molecule has 0 spiro atoms. The van der Waals surface area contributed by atoms with Crippen molar-refractivity contribution in [1.82, 2.24) is 4.57 Å². The first-order valence-corrected chi connectivity index (χ1v) is 18.1. The van der Waals surface area contributed by atoms with E-state index in [1.807, 2.05) is 11.8 Å². The Bertz CT molecular complexity index is 2880. The molecule has 2 aromatic heterocycles. The van der Waals surface area contributed by atoms with Crippen LogP contribution in [0.3, 0.4) is 0 Å². The van der Waals surface area contributed by atoms with Gasteiger partial charge in [0.05, 0.1) is 16.7 Å². The average molecular weight is 659 g/mol. The maximum absolute atomic E-state index is 6.85. The molecule has 1 aliphatic heterocycles. The SMILES string of the molecule is C1=CC2Sc3ccccc3C2C=C1N(c1ccc2c(c1)c1ccccc1n2-c1ccccc1)c1cccc2c1oc1ccc3ccccc3c12. The first-order valence-electron chi connectivity index (χ1n) is 17.2. The van der Waals surface area contributed by atoms with E-state index >= 15 is 0 Å². The van der Waals surface area contributed by atoms with Crippen LogP contribution in [-0.2, 0) is 0 Å². The molecule has 1 aliphatic carbocycles. The van der Waals surface area contributed by atoms with Gasteiger partial charge in [0, 0.05) is 54.7 Å². The number of fused-ring (bicyclic) bond motifs is 11. The Hall–Kier alpha value is -5.97. The second-order valence-electron chi connectivity index (χ2n) is 13.2. The summed E-state index contributed by atoms with van der Waals surface area (Å²) in [5.41, 5.74) is 10.0. The van der Waals surface area contributed by atoms with E-state index in [-0.39, 0.29) is 0 Å². The topological polar surface area (TPSA) is 21.3 Å². The molecular formula is C46H30N2OS. The van der Waals surface area contributed by atoms with Crippen molar-refractivity contribution in [2.45, 2.75) is 16.1 Å². The van der Waals surface area contributed by atoms with Crippen molar-refractivity contribution in [2.24, 2.45) is 0 Å². The van der Waals surface area contributed by atoms with Crippen molar-refractivity contribution >= 4 is 77.7 Å². The van der Waals surface area contributed by atoms with Crippen LogP contribution in [0.4, 0.5) is 11.4 Å². The molecule has 2 atom stereocenters. The molecule has 0 radical (unpaired) electrons. The van der Waals surface area contributed by atoms with Crippen LogP contribution in [0.15, 0.2) is 185 Å². The number of nitrogens with zero attached hydrogens (tertiary/aromatic N) is 2. The minimum atomic E-state index is 0.293. The average Bonchev–Trinajstić information content (AvgIpc) is 3.85. The van der Waals surface area contributed by atoms with E-state index in [0.717, 1.165) is 44.7 Å². The Labute approximate surface area is 293 Å². The minimum Gasteiger partial charge on any atom is -0.454 e. The Morgan fingerprint density at radius 1 is 0.620 bits per heavy atom. The summed E-state index contributed by atoms with van der Waals surface area (Å²) in [4.78, 5) is 3.79. The molecule has 3 nitrogen and oxygen atoms in total. The number of anilines is 2. The van der Waals surface area contributed by atoms with Crippen molar-refractivity contribution in [3.05, 3.63) is 181 Å². The molecule has 0 saturated carbocycles. The standard InChI is InChI=1S/C46H30N2OS/c1-2-12-30(13-3-1)48-39-18-8-6-15-34(39)37-27-31(22-24-40(37)48)47(32-23-26-44-38(28-32)35-16-7-9-20-43(35)50-44)41-19-10-17-36-45-33-14-5-4-11-29(33)21-25-42(45)49-46(36)41/h1-28,38,44H. The lowest BCUT2D eigenvalue weighted by Gasteiger charge is -2.30. The van der Waals surface area contributed by atoms with Gasteiger partial charge in [-0.1, -0.05) is 109 Å². The zero-order valence-corrected chi connectivity index (χ0v) is 27.8. The molecule has 50 heavy (non-hydrogen) atoms. The highest BCUT2D eigenvalue weighted by Crippen LogP contribution is 2.51. The molecule has 3 heterocycles. The number of allylic oxidation sites excluding steroid dienone is 2. The molecule has 2 aliphatic rings. The maximum Gasteiger partial charge on any atom is 0.159 e. The van der Waals surface area contributed by atoms with Crippen molar-refractivity contribution in [3.63, 3.8) is 0 Å². The Morgan fingerprint density at radius 3 is 2.34 bits per heavy atom. The van der Waals surface area contributed by atoms with E-state index in [1.165, 1.54) is 43.0 Å². The smallest absolute Gasteiger partial charge is 0.159 e. The monoisotopic (exact) mass is 658 g/mol. The van der Waals surface area contributed by atoms with Crippen LogP contribution in [0.2, 0.25) is 0 Å². The van der Waals surface area contributed by atoms with Gasteiger partial charge in [0.1, 0.15) is 5.58 Å². The molecule has 0 N–H and O–H groups in total. The molecule has 0 amide bonds. The Morgan fingerprint density at radius 2 is 1.40 bits per heavy atom. The Balaban J connectivity index is 1.18. The lowest BCUT2D eigenvalue weighted by atomic mass is 9.91. The number of benzene rings is 7. The number of rotatable bonds is 4. The molecular weight excluding hydrogens is 629 g/mol. The van der Waals surface area contributed by atoms with Crippen molar-refractivity contribution in [3.8, 4) is 5.69 Å². The van der Waals surface area contributed by atoms with Crippen molar-refractivity contribution in [2.75, 3.05) is 4.90 Å². The van der Waals surface area contributed by atoms with Gasteiger partial charge < -0.3 is 13.9 Å². The highest BCUT2D eigenvalue weighted by Gasteiger charge is 2.34. The zero-order valence-electron chi connectivity index (χ0n) is 27.0. The molecule has 0 bridgehead atoms. The normalized spacial score (nSPS) is 16.8. The number of aromatic nitrogens is 1.